The van der Waals surface area contributed by atoms with Crippen molar-refractivity contribution in [3.8, 4) is 0 Å². The highest BCUT2D eigenvalue weighted by Crippen LogP contribution is 2.31. The zero-order chi connectivity index (χ0) is 24.6. The number of halogens is 3. The topological polar surface area (TPSA) is 67.6 Å². The standard InChI is InChI=1S/C26H27F3N4O2/c27-26(28,29)21-9-11-23-30-31-25(33(23)16-21)20-6-3-13-32(15-20)24(35)12-10-22(34)19-8-7-17-4-1-2-5-18(17)14-19/h7-9,11,14,16,20H,1-6,10,12-13,15H2. The van der Waals surface area contributed by atoms with Gasteiger partial charge in [0.15, 0.2) is 11.4 Å². The number of aryl methyl sites for hydroxylation is 2. The second-order valence-corrected chi connectivity index (χ2v) is 9.49. The molecule has 0 N–H and O–H groups in total. The van der Waals surface area contributed by atoms with E-state index in [1.165, 1.54) is 28.0 Å². The smallest absolute Gasteiger partial charge is 0.342 e. The molecule has 1 aliphatic carbocycles. The Morgan fingerprint density at radius 2 is 1.77 bits per heavy atom. The molecule has 0 saturated carbocycles. The molecule has 35 heavy (non-hydrogen) atoms. The average Bonchev–Trinajstić information content (AvgIpc) is 3.30. The van der Waals surface area contributed by atoms with Crippen molar-refractivity contribution in [2.24, 2.45) is 0 Å². The Hall–Kier alpha value is -3.23. The molecule has 1 unspecified atom stereocenters. The minimum absolute atomic E-state index is 0.0385. The number of carbonyl (C=O) groups excluding carboxylic acids is 2. The number of rotatable bonds is 5. The molecule has 3 aromatic rings. The number of alkyl halides is 3. The van der Waals surface area contributed by atoms with Crippen LogP contribution in [0.1, 0.15) is 77.3 Å². The lowest BCUT2D eigenvalue weighted by Gasteiger charge is -2.32. The van der Waals surface area contributed by atoms with Gasteiger partial charge in [-0.15, -0.1) is 10.2 Å². The van der Waals surface area contributed by atoms with Crippen LogP contribution in [-0.2, 0) is 23.8 Å². The molecule has 184 valence electrons. The van der Waals surface area contributed by atoms with Crippen LogP contribution in [0.3, 0.4) is 0 Å². The highest BCUT2D eigenvalue weighted by atomic mass is 19.4. The normalized spacial score (nSPS) is 18.5. The molecule has 9 heteroatoms. The Morgan fingerprint density at radius 3 is 2.57 bits per heavy atom. The number of benzene rings is 1. The van der Waals surface area contributed by atoms with E-state index in [-0.39, 0.29) is 30.4 Å². The third-order valence-electron chi connectivity index (χ3n) is 7.13. The molecule has 1 saturated heterocycles. The maximum absolute atomic E-state index is 13.2. The number of amides is 1. The summed E-state index contributed by atoms with van der Waals surface area (Å²) in [4.78, 5) is 27.4. The molecule has 0 spiro atoms. The summed E-state index contributed by atoms with van der Waals surface area (Å²) in [6.07, 6.45) is 2.58. The number of nitrogens with zero attached hydrogens (tertiary/aromatic N) is 4. The Labute approximate surface area is 201 Å². The fourth-order valence-corrected chi connectivity index (χ4v) is 5.20. The van der Waals surface area contributed by atoms with Crippen molar-refractivity contribution >= 4 is 17.3 Å². The van der Waals surface area contributed by atoms with Gasteiger partial charge >= 0.3 is 6.18 Å². The summed E-state index contributed by atoms with van der Waals surface area (Å²) in [7, 11) is 0. The first-order valence-electron chi connectivity index (χ1n) is 12.1. The minimum atomic E-state index is -4.46. The maximum atomic E-state index is 13.2. The summed E-state index contributed by atoms with van der Waals surface area (Å²) >= 11 is 0. The minimum Gasteiger partial charge on any atom is -0.342 e. The summed E-state index contributed by atoms with van der Waals surface area (Å²) < 4.78 is 40.9. The molecule has 0 radical (unpaired) electrons. The molecule has 1 aromatic carbocycles. The highest BCUT2D eigenvalue weighted by Gasteiger charge is 2.33. The summed E-state index contributed by atoms with van der Waals surface area (Å²) in [6, 6.07) is 8.16. The summed E-state index contributed by atoms with van der Waals surface area (Å²) in [6.45, 7) is 0.913. The van der Waals surface area contributed by atoms with E-state index in [9.17, 15) is 22.8 Å². The van der Waals surface area contributed by atoms with Gasteiger partial charge in [-0.25, -0.2) is 0 Å². The average molecular weight is 485 g/mol. The van der Waals surface area contributed by atoms with Crippen molar-refractivity contribution in [3.05, 3.63) is 64.6 Å². The summed E-state index contributed by atoms with van der Waals surface area (Å²) in [5.41, 5.74) is 2.78. The Bertz CT molecular complexity index is 1270. The molecule has 0 bridgehead atoms. The van der Waals surface area contributed by atoms with Crippen molar-refractivity contribution in [1.29, 1.82) is 0 Å². The predicted octanol–water partition coefficient (Wildman–Crippen LogP) is 5.00. The SMILES string of the molecule is O=C(CCC(=O)N1CCCC(c2nnc3ccc(C(F)(F)F)cn23)C1)c1ccc2c(c1)CCCC2. The van der Waals surface area contributed by atoms with E-state index < -0.39 is 11.7 Å². The second kappa shape index (κ2) is 9.43. The molecular formula is C26H27F3N4O2. The lowest BCUT2D eigenvalue weighted by Crippen LogP contribution is -2.39. The fourth-order valence-electron chi connectivity index (χ4n) is 5.20. The second-order valence-electron chi connectivity index (χ2n) is 9.49. The van der Waals surface area contributed by atoms with Crippen LogP contribution in [0, 0.1) is 0 Å². The Balaban J connectivity index is 1.24. The van der Waals surface area contributed by atoms with E-state index in [1.54, 1.807) is 4.90 Å². The lowest BCUT2D eigenvalue weighted by atomic mass is 9.89. The molecule has 6 nitrogen and oxygen atoms in total. The number of aromatic nitrogens is 3. The van der Waals surface area contributed by atoms with E-state index in [1.807, 2.05) is 18.2 Å². The van der Waals surface area contributed by atoms with Gasteiger partial charge in [-0.2, -0.15) is 13.2 Å². The number of hydrogen-bond acceptors (Lipinski definition) is 4. The molecule has 3 heterocycles. The zero-order valence-electron chi connectivity index (χ0n) is 19.4. The van der Waals surface area contributed by atoms with Crippen LogP contribution in [-0.4, -0.2) is 44.3 Å². The number of likely N-dealkylation sites (tertiary alicyclic amines) is 1. The monoisotopic (exact) mass is 484 g/mol. The van der Waals surface area contributed by atoms with Gasteiger partial charge in [0.1, 0.15) is 5.82 Å². The van der Waals surface area contributed by atoms with Gasteiger partial charge in [0, 0.05) is 43.6 Å². The van der Waals surface area contributed by atoms with E-state index in [4.69, 9.17) is 0 Å². The predicted molar refractivity (Wildman–Crippen MR) is 123 cm³/mol. The van der Waals surface area contributed by atoms with Crippen LogP contribution in [0.4, 0.5) is 13.2 Å². The number of fused-ring (bicyclic) bond motifs is 2. The molecule has 1 amide bonds. The van der Waals surface area contributed by atoms with Gasteiger partial charge < -0.3 is 4.90 Å². The van der Waals surface area contributed by atoms with Crippen molar-refractivity contribution in [2.75, 3.05) is 13.1 Å². The van der Waals surface area contributed by atoms with Gasteiger partial charge in [-0.3, -0.25) is 14.0 Å². The van der Waals surface area contributed by atoms with Crippen LogP contribution in [0.15, 0.2) is 36.5 Å². The van der Waals surface area contributed by atoms with Crippen molar-refractivity contribution in [2.45, 2.75) is 63.5 Å². The third kappa shape index (κ3) is 4.94. The maximum Gasteiger partial charge on any atom is 0.417 e. The van der Waals surface area contributed by atoms with Gasteiger partial charge in [0.05, 0.1) is 5.56 Å². The van der Waals surface area contributed by atoms with Gasteiger partial charge in [0.2, 0.25) is 5.91 Å². The van der Waals surface area contributed by atoms with Crippen LogP contribution in [0.5, 0.6) is 0 Å². The van der Waals surface area contributed by atoms with Crippen molar-refractivity contribution < 1.29 is 22.8 Å². The molecular weight excluding hydrogens is 457 g/mol. The first-order chi connectivity index (χ1) is 16.8. The first-order valence-corrected chi connectivity index (χ1v) is 12.1. The number of hydrogen-bond donors (Lipinski definition) is 0. The van der Waals surface area contributed by atoms with E-state index in [2.05, 4.69) is 10.2 Å². The largest absolute Gasteiger partial charge is 0.417 e. The zero-order valence-corrected chi connectivity index (χ0v) is 19.4. The van der Waals surface area contributed by atoms with Gasteiger partial charge in [0.25, 0.3) is 0 Å². The van der Waals surface area contributed by atoms with Crippen LogP contribution in [0.25, 0.3) is 5.65 Å². The van der Waals surface area contributed by atoms with Crippen molar-refractivity contribution in [1.82, 2.24) is 19.5 Å². The summed E-state index contributed by atoms with van der Waals surface area (Å²) in [5.74, 6) is 0.0468. The number of Topliss-reactive ketones (excluding diaryl/α,β-unsaturated/α-hetero) is 1. The Morgan fingerprint density at radius 1 is 0.971 bits per heavy atom. The van der Waals surface area contributed by atoms with E-state index in [0.29, 0.717) is 43.0 Å². The van der Waals surface area contributed by atoms with Crippen LogP contribution in [0.2, 0.25) is 0 Å². The van der Waals surface area contributed by atoms with E-state index >= 15 is 0 Å². The number of piperidine rings is 1. The molecule has 2 aliphatic rings. The number of carbonyl (C=O) groups is 2. The summed E-state index contributed by atoms with van der Waals surface area (Å²) in [5, 5.41) is 8.15. The van der Waals surface area contributed by atoms with Crippen LogP contribution < -0.4 is 0 Å². The van der Waals surface area contributed by atoms with Crippen molar-refractivity contribution in [3.63, 3.8) is 0 Å². The molecule has 2 aromatic heterocycles. The molecule has 1 fully saturated rings. The third-order valence-corrected chi connectivity index (χ3v) is 7.13. The molecule has 5 rings (SSSR count). The molecule has 1 atom stereocenters. The highest BCUT2D eigenvalue weighted by molar-refractivity contribution is 5.98. The number of ketones is 1. The van der Waals surface area contributed by atoms with E-state index in [0.717, 1.165) is 31.5 Å². The van der Waals surface area contributed by atoms with Crippen LogP contribution >= 0.6 is 0 Å². The lowest BCUT2D eigenvalue weighted by molar-refractivity contribution is -0.137. The fraction of sp³-hybridized carbons (Fsp3) is 0.462. The number of pyridine rings is 1. The van der Waals surface area contributed by atoms with Gasteiger partial charge in [-0.1, -0.05) is 12.1 Å². The Kier molecular flexibility index (Phi) is 6.34. The molecule has 1 aliphatic heterocycles. The quantitative estimate of drug-likeness (QED) is 0.478. The van der Waals surface area contributed by atoms with Gasteiger partial charge in [-0.05, 0) is 67.9 Å². The first kappa shape index (κ1) is 23.5.